The lowest BCUT2D eigenvalue weighted by molar-refractivity contribution is 0.104. The third-order valence-corrected chi connectivity index (χ3v) is 2.59. The maximum atomic E-state index is 11.1. The molecule has 2 amide bonds. The minimum Gasteiger partial charge on any atom is -0.488 e. The molecule has 1 aliphatic heterocycles. The molecule has 1 atom stereocenters. The van der Waals surface area contributed by atoms with Crippen molar-refractivity contribution in [2.75, 3.05) is 13.2 Å². The number of carbonyl (C=O) groups is 1. The number of carbonyl (C=O) groups excluding carboxylic acids is 1. The molecule has 1 aliphatic rings. The number of fused-ring (bicyclic) bond motifs is 1. The summed E-state index contributed by atoms with van der Waals surface area (Å²) >= 11 is 0. The average Bonchev–Trinajstić information content (AvgIpc) is 2.74. The quantitative estimate of drug-likeness (QED) is 0.743. The minimum atomic E-state index is -0.618. The predicted octanol–water partition coefficient (Wildman–Crippen LogP) is -0.203. The molecule has 2 N–H and O–H groups in total. The van der Waals surface area contributed by atoms with Crippen molar-refractivity contribution in [2.24, 2.45) is 9.98 Å². The van der Waals surface area contributed by atoms with Gasteiger partial charge in [-0.2, -0.15) is 9.98 Å². The highest BCUT2D eigenvalue weighted by atomic mass is 16.5. The Morgan fingerprint density at radius 3 is 2.89 bits per heavy atom. The van der Waals surface area contributed by atoms with Gasteiger partial charge in [0.25, 0.3) is 0 Å². The number of urea groups is 1. The lowest BCUT2D eigenvalue weighted by Crippen LogP contribution is -2.36. The summed E-state index contributed by atoms with van der Waals surface area (Å²) in [5.41, 5.74) is 0. The number of rotatable bonds is 6. The number of aliphatic hydroxyl groups is 1. The molecule has 1 aromatic carbocycles. The summed E-state index contributed by atoms with van der Waals surface area (Å²) in [5, 5.41) is 13.8. The van der Waals surface area contributed by atoms with E-state index in [0.717, 1.165) is 0 Å². The molecule has 0 spiro atoms. The first kappa shape index (κ1) is 13.6. The molecule has 0 saturated heterocycles. The first-order chi connectivity index (χ1) is 9.06. The number of ether oxygens (including phenoxy) is 1. The molecular formula is C13H17N3O3. The van der Waals surface area contributed by atoms with Crippen LogP contribution in [-0.2, 0) is 0 Å². The first-order valence-corrected chi connectivity index (χ1v) is 6.21. The van der Waals surface area contributed by atoms with Gasteiger partial charge in [0.1, 0.15) is 23.8 Å². The summed E-state index contributed by atoms with van der Waals surface area (Å²) in [6, 6.07) is 4.94. The van der Waals surface area contributed by atoms with Gasteiger partial charge in [0, 0.05) is 12.6 Å². The van der Waals surface area contributed by atoms with Crippen LogP contribution in [0.4, 0.5) is 4.79 Å². The smallest absolute Gasteiger partial charge is 0.368 e. The van der Waals surface area contributed by atoms with Crippen LogP contribution in [0.5, 0.6) is 5.75 Å². The van der Waals surface area contributed by atoms with Gasteiger partial charge < -0.3 is 15.2 Å². The van der Waals surface area contributed by atoms with Gasteiger partial charge in [-0.25, -0.2) is 4.79 Å². The van der Waals surface area contributed by atoms with Crippen molar-refractivity contribution < 1.29 is 14.6 Å². The summed E-state index contributed by atoms with van der Waals surface area (Å²) in [6.45, 7) is 4.60. The number of nitrogens with zero attached hydrogens (tertiary/aromatic N) is 2. The highest BCUT2D eigenvalue weighted by Crippen LogP contribution is 2.02. The molecule has 0 aliphatic carbocycles. The monoisotopic (exact) mass is 262 g/mol. The van der Waals surface area contributed by atoms with Crippen LogP contribution in [0, 0.1) is 0 Å². The van der Waals surface area contributed by atoms with Gasteiger partial charge in [-0.3, -0.25) is 0 Å². The Kier molecular flexibility index (Phi) is 4.24. The van der Waals surface area contributed by atoms with Crippen LogP contribution in [0.3, 0.4) is 0 Å². The summed E-state index contributed by atoms with van der Waals surface area (Å²) in [6.07, 6.45) is -0.618. The van der Waals surface area contributed by atoms with Gasteiger partial charge in [-0.1, -0.05) is 19.9 Å². The van der Waals surface area contributed by atoms with Crippen molar-refractivity contribution in [3.63, 3.8) is 0 Å². The van der Waals surface area contributed by atoms with Crippen LogP contribution in [0.2, 0.25) is 0 Å². The molecule has 19 heavy (non-hydrogen) atoms. The van der Waals surface area contributed by atoms with Crippen LogP contribution in [0.25, 0.3) is 0 Å². The van der Waals surface area contributed by atoms with E-state index in [4.69, 9.17) is 4.74 Å². The molecule has 6 nitrogen and oxygen atoms in total. The standard InChI is InChI=1S/C13H17N3O3/c1-8(2)14-6-9(17)7-19-11-5-3-4-10-12(11)16-13(18)15-10/h3-5,8-9,14,17H,6-7H2,1-2H3/i8-1. The Morgan fingerprint density at radius 1 is 1.37 bits per heavy atom. The van der Waals surface area contributed by atoms with Crippen LogP contribution >= 0.6 is 0 Å². The van der Waals surface area contributed by atoms with E-state index in [2.05, 4.69) is 15.3 Å². The molecular weight excluding hydrogens is 245 g/mol. The van der Waals surface area contributed by atoms with Crippen molar-refractivity contribution in [1.82, 2.24) is 5.32 Å². The second-order valence-electron chi connectivity index (χ2n) is 4.66. The van der Waals surface area contributed by atoms with Gasteiger partial charge in [0.2, 0.25) is 0 Å². The second kappa shape index (κ2) is 5.90. The fourth-order valence-corrected chi connectivity index (χ4v) is 1.67. The number of nitrogens with one attached hydrogen (secondary N) is 1. The third-order valence-electron chi connectivity index (χ3n) is 2.59. The Balaban J connectivity index is 1.99. The molecule has 1 heterocycles. The zero-order valence-corrected chi connectivity index (χ0v) is 11.0. The zero-order chi connectivity index (χ0) is 13.8. The van der Waals surface area contributed by atoms with Gasteiger partial charge in [-0.15, -0.1) is 0 Å². The highest BCUT2D eigenvalue weighted by Gasteiger charge is 2.11. The summed E-state index contributed by atoms with van der Waals surface area (Å²) < 4.78 is 5.50. The maximum absolute atomic E-state index is 11.1. The Morgan fingerprint density at radius 2 is 2.16 bits per heavy atom. The van der Waals surface area contributed by atoms with Crippen molar-refractivity contribution >= 4 is 6.03 Å². The van der Waals surface area contributed by atoms with Gasteiger partial charge in [0.15, 0.2) is 0 Å². The van der Waals surface area contributed by atoms with E-state index >= 15 is 0 Å². The number of para-hydroxylation sites is 1. The lowest BCUT2D eigenvalue weighted by Gasteiger charge is -2.14. The molecule has 0 radical (unpaired) electrons. The van der Waals surface area contributed by atoms with Gasteiger partial charge >= 0.3 is 6.03 Å². The van der Waals surface area contributed by atoms with Crippen molar-refractivity contribution in [3.05, 3.63) is 28.9 Å². The van der Waals surface area contributed by atoms with Crippen LogP contribution < -0.4 is 20.8 Å². The zero-order valence-electron chi connectivity index (χ0n) is 11.0. The number of amides is 2. The highest BCUT2D eigenvalue weighted by molar-refractivity contribution is 5.77. The number of aliphatic hydroxyl groups excluding tert-OH is 1. The first-order valence-electron chi connectivity index (χ1n) is 6.21. The van der Waals surface area contributed by atoms with Crippen molar-refractivity contribution in [3.8, 4) is 5.75 Å². The number of benzene rings is 1. The molecule has 0 bridgehead atoms. The lowest BCUT2D eigenvalue weighted by atomic mass is 9.82. The Hall–Kier alpha value is -1.79. The van der Waals surface area contributed by atoms with Crippen molar-refractivity contribution in [2.45, 2.75) is 26.0 Å². The fraction of sp³-hybridized carbons (Fsp3) is 0.462. The molecule has 1 aromatic rings. The molecule has 0 aromatic heterocycles. The molecule has 6 heteroatoms. The third kappa shape index (κ3) is 3.59. The molecule has 0 saturated carbocycles. The van der Waals surface area contributed by atoms with Crippen LogP contribution in [0.15, 0.2) is 28.2 Å². The summed E-state index contributed by atoms with van der Waals surface area (Å²) in [7, 11) is 0. The largest absolute Gasteiger partial charge is 0.488 e. The Labute approximate surface area is 110 Å². The van der Waals surface area contributed by atoms with E-state index in [1.165, 1.54) is 0 Å². The minimum absolute atomic E-state index is 0.139. The van der Waals surface area contributed by atoms with E-state index in [0.29, 0.717) is 29.1 Å². The van der Waals surface area contributed by atoms with E-state index < -0.39 is 12.1 Å². The maximum Gasteiger partial charge on any atom is 0.368 e. The predicted molar refractivity (Wildman–Crippen MR) is 68.8 cm³/mol. The van der Waals surface area contributed by atoms with Crippen LogP contribution in [-0.4, -0.2) is 36.4 Å². The topological polar surface area (TPSA) is 83.3 Å². The van der Waals surface area contributed by atoms with Gasteiger partial charge in [-0.05, 0) is 12.1 Å². The van der Waals surface area contributed by atoms with E-state index in [1.807, 2.05) is 13.8 Å². The number of hydrogen-bond donors (Lipinski definition) is 2. The molecule has 2 rings (SSSR count). The molecule has 0 fully saturated rings. The summed E-state index contributed by atoms with van der Waals surface area (Å²) in [4.78, 5) is 18.6. The second-order valence-corrected chi connectivity index (χ2v) is 4.66. The van der Waals surface area contributed by atoms with E-state index in [9.17, 15) is 9.90 Å². The average molecular weight is 262 g/mol. The van der Waals surface area contributed by atoms with Gasteiger partial charge in [0.05, 0.1) is 5.36 Å². The Bertz CT molecular complexity index is 583. The molecule has 1 unspecified atom stereocenters. The fourth-order valence-electron chi connectivity index (χ4n) is 1.67. The van der Waals surface area contributed by atoms with Crippen LogP contribution in [0.1, 0.15) is 13.8 Å². The van der Waals surface area contributed by atoms with E-state index in [1.54, 1.807) is 18.2 Å². The van der Waals surface area contributed by atoms with E-state index in [-0.39, 0.29) is 6.61 Å². The SMILES string of the molecule is C[11CH](C)NCC(O)COc1cccc2c1=NC(=O)N=2. The van der Waals surface area contributed by atoms with Crippen molar-refractivity contribution in [1.29, 1.82) is 0 Å². The normalized spacial score (nSPS) is 14.8. The molecule has 102 valence electrons. The number of hydrogen-bond acceptors (Lipinski definition) is 4. The summed E-state index contributed by atoms with van der Waals surface area (Å²) in [5.74, 6) is 0.468.